The van der Waals surface area contributed by atoms with E-state index < -0.39 is 20.0 Å². The summed E-state index contributed by atoms with van der Waals surface area (Å²) in [7, 11) is 1.52. The van der Waals surface area contributed by atoms with Crippen molar-refractivity contribution >= 4 is 13.7 Å². The molecule has 0 aromatic carbocycles. The van der Waals surface area contributed by atoms with Gasteiger partial charge in [-0.3, -0.25) is 13.8 Å². The Balaban J connectivity index is 4.25. The second-order valence-electron chi connectivity index (χ2n) is 21.7. The Hall–Kier alpha value is -3.62. The van der Waals surface area contributed by atoms with Gasteiger partial charge in [0.25, 0.3) is 0 Å². The maximum Gasteiger partial charge on any atom is 0.472 e. The van der Waals surface area contributed by atoms with E-state index in [1.165, 1.54) is 83.5 Å². The van der Waals surface area contributed by atoms with Crippen LogP contribution in [0.25, 0.3) is 0 Å². The molecule has 0 aromatic heterocycles. The fraction of sp³-hybridized carbons (Fsp3) is 0.638. The highest BCUT2D eigenvalue weighted by atomic mass is 31.2. The van der Waals surface area contributed by atoms with E-state index in [2.05, 4.69) is 153 Å². The highest BCUT2D eigenvalue weighted by molar-refractivity contribution is 7.47. The van der Waals surface area contributed by atoms with Crippen molar-refractivity contribution in [3.63, 3.8) is 0 Å². The summed E-state index contributed by atoms with van der Waals surface area (Å²) in [5, 5.41) is 13.9. The van der Waals surface area contributed by atoms with Crippen LogP contribution in [-0.2, 0) is 18.4 Å². The van der Waals surface area contributed by atoms with E-state index in [1.807, 2.05) is 27.2 Å². The quantitative estimate of drug-likeness (QED) is 0.0243. The Bertz CT molecular complexity index is 1780. The zero-order chi connectivity index (χ0) is 57.0. The number of nitrogens with one attached hydrogen (secondary N) is 1. The Labute approximate surface area is 480 Å². The summed E-state index contributed by atoms with van der Waals surface area (Å²) in [6.45, 7) is 4.66. The molecule has 444 valence electrons. The molecule has 0 aliphatic heterocycles. The number of aliphatic hydroxyl groups is 1. The van der Waals surface area contributed by atoms with Gasteiger partial charge in [0.15, 0.2) is 0 Å². The molecule has 3 atom stereocenters. The lowest BCUT2D eigenvalue weighted by Gasteiger charge is -2.25. The molecule has 0 rings (SSSR count). The van der Waals surface area contributed by atoms with Crippen molar-refractivity contribution in [2.45, 2.75) is 244 Å². The predicted molar refractivity (Wildman–Crippen MR) is 341 cm³/mol. The van der Waals surface area contributed by atoms with Crippen LogP contribution >= 0.6 is 7.82 Å². The van der Waals surface area contributed by atoms with Gasteiger partial charge >= 0.3 is 7.82 Å². The fourth-order valence-corrected chi connectivity index (χ4v) is 8.94. The number of unbranched alkanes of at least 4 members (excludes halogenated alkanes) is 20. The standard InChI is InChI=1S/C69H117N2O6P/c1-6-8-10-12-14-16-18-20-22-24-26-27-28-29-30-31-32-33-34-35-36-37-38-39-40-41-42-43-45-47-49-51-53-55-57-59-61-63-69(73)70-67(66-77-78(74,75)76-65-64-71(3,4)5)68(72)62-60-58-56-54-52-50-48-46-44-25-23-21-19-17-15-13-11-9-7-2/h8,10,14,16,20,22,26-27,29-30,32-33,35-36,38-39,41-42,45,47,52,54,60,62,67-68,72H,6-7,9,11-13,15,17-19,21,23-25,28,31,34,37,40,43-44,46,48-51,53,55-59,61,63-66H2,1-5H3,(H-,70,73,74,75)/p+1/b10-8-,16-14-,22-20-,27-26-,30-29-,33-32-,36-35-,39-38-,42-41-,47-45-,54-52+,62-60+. The highest BCUT2D eigenvalue weighted by Gasteiger charge is 2.27. The number of rotatable bonds is 55. The molecular weight excluding hydrogens is 984 g/mol. The minimum absolute atomic E-state index is 0.0454. The van der Waals surface area contributed by atoms with Crippen molar-refractivity contribution in [3.05, 3.63) is 146 Å². The maximum absolute atomic E-state index is 13.0. The number of allylic oxidation sites excluding steroid dienone is 23. The number of hydrogen-bond donors (Lipinski definition) is 3. The molecule has 9 heteroatoms. The third-order valence-electron chi connectivity index (χ3n) is 13.0. The summed E-state index contributed by atoms with van der Waals surface area (Å²) < 4.78 is 23.7. The number of carbonyl (C=O) groups is 1. The third-order valence-corrected chi connectivity index (χ3v) is 14.0. The molecule has 8 nitrogen and oxygen atoms in total. The monoisotopic (exact) mass is 1100 g/mol. The van der Waals surface area contributed by atoms with E-state index in [0.717, 1.165) is 128 Å². The van der Waals surface area contributed by atoms with Gasteiger partial charge in [0.05, 0.1) is 39.9 Å². The van der Waals surface area contributed by atoms with E-state index in [0.29, 0.717) is 17.4 Å². The molecule has 0 saturated carbocycles. The number of hydrogen-bond acceptors (Lipinski definition) is 5. The molecule has 0 aliphatic carbocycles. The summed E-state index contributed by atoms with van der Waals surface area (Å²) >= 11 is 0. The Kier molecular flexibility index (Phi) is 55.4. The first-order chi connectivity index (χ1) is 38.0. The van der Waals surface area contributed by atoms with E-state index in [4.69, 9.17) is 9.05 Å². The van der Waals surface area contributed by atoms with Crippen molar-refractivity contribution in [3.8, 4) is 0 Å². The van der Waals surface area contributed by atoms with Crippen LogP contribution in [-0.4, -0.2) is 73.4 Å². The Morgan fingerprint density at radius 1 is 0.449 bits per heavy atom. The lowest BCUT2D eigenvalue weighted by atomic mass is 10.0. The van der Waals surface area contributed by atoms with Crippen LogP contribution in [0, 0.1) is 0 Å². The molecule has 3 N–H and O–H groups in total. The van der Waals surface area contributed by atoms with Gasteiger partial charge in [0, 0.05) is 6.42 Å². The number of nitrogens with zero attached hydrogens (tertiary/aromatic N) is 1. The lowest BCUT2D eigenvalue weighted by molar-refractivity contribution is -0.870. The molecule has 0 bridgehead atoms. The summed E-state index contributed by atoms with van der Waals surface area (Å²) in [5.74, 6) is -0.207. The van der Waals surface area contributed by atoms with Gasteiger partial charge in [-0.15, -0.1) is 0 Å². The topological polar surface area (TPSA) is 105 Å². The van der Waals surface area contributed by atoms with Crippen LogP contribution < -0.4 is 5.32 Å². The molecular formula is C69H118N2O6P+. The Morgan fingerprint density at radius 3 is 1.18 bits per heavy atom. The number of quaternary nitrogens is 1. The summed E-state index contributed by atoms with van der Waals surface area (Å²) in [5.41, 5.74) is 0. The van der Waals surface area contributed by atoms with Crippen molar-refractivity contribution in [1.82, 2.24) is 5.32 Å². The minimum Gasteiger partial charge on any atom is -0.387 e. The fourth-order valence-electron chi connectivity index (χ4n) is 8.20. The second kappa shape index (κ2) is 58.0. The van der Waals surface area contributed by atoms with Crippen molar-refractivity contribution in [2.75, 3.05) is 40.9 Å². The molecule has 78 heavy (non-hydrogen) atoms. The number of aliphatic hydroxyl groups excluding tert-OH is 1. The van der Waals surface area contributed by atoms with Gasteiger partial charge in [-0.1, -0.05) is 262 Å². The van der Waals surface area contributed by atoms with Gasteiger partial charge < -0.3 is 19.8 Å². The summed E-state index contributed by atoms with van der Waals surface area (Å²) in [6, 6.07) is -0.883. The van der Waals surface area contributed by atoms with Gasteiger partial charge in [0.1, 0.15) is 13.2 Å². The van der Waals surface area contributed by atoms with Gasteiger partial charge in [0.2, 0.25) is 5.91 Å². The maximum atomic E-state index is 13.0. The average molecular weight is 1100 g/mol. The molecule has 0 fully saturated rings. The average Bonchev–Trinajstić information content (AvgIpc) is 3.41. The number of likely N-dealkylation sites (N-methyl/N-ethyl adjacent to an activating group) is 1. The third kappa shape index (κ3) is 60.0. The van der Waals surface area contributed by atoms with Gasteiger partial charge in [-0.2, -0.15) is 0 Å². The van der Waals surface area contributed by atoms with Crippen molar-refractivity contribution in [2.24, 2.45) is 0 Å². The number of carbonyl (C=O) groups excluding carboxylic acids is 1. The van der Waals surface area contributed by atoms with Crippen LogP contribution in [0.15, 0.2) is 146 Å². The van der Waals surface area contributed by atoms with Crippen LogP contribution in [0.5, 0.6) is 0 Å². The van der Waals surface area contributed by atoms with Crippen molar-refractivity contribution in [1.29, 1.82) is 0 Å². The second-order valence-corrected chi connectivity index (χ2v) is 23.1. The molecule has 0 heterocycles. The van der Waals surface area contributed by atoms with Crippen LogP contribution in [0.3, 0.4) is 0 Å². The molecule has 0 saturated heterocycles. The van der Waals surface area contributed by atoms with E-state index >= 15 is 0 Å². The van der Waals surface area contributed by atoms with Gasteiger partial charge in [-0.05, 0) is 109 Å². The summed E-state index contributed by atoms with van der Waals surface area (Å²) in [6.07, 6.45) is 89.6. The molecule has 0 aliphatic rings. The van der Waals surface area contributed by atoms with E-state index in [-0.39, 0.29) is 19.1 Å². The predicted octanol–water partition coefficient (Wildman–Crippen LogP) is 19.6. The van der Waals surface area contributed by atoms with Crippen LogP contribution in [0.4, 0.5) is 0 Å². The number of amides is 1. The highest BCUT2D eigenvalue weighted by Crippen LogP contribution is 2.43. The molecule has 0 aromatic rings. The van der Waals surface area contributed by atoms with Gasteiger partial charge in [-0.25, -0.2) is 4.57 Å². The molecule has 0 radical (unpaired) electrons. The molecule has 3 unspecified atom stereocenters. The normalized spacial score (nSPS) is 14.8. The van der Waals surface area contributed by atoms with E-state index in [9.17, 15) is 19.4 Å². The zero-order valence-corrected chi connectivity index (χ0v) is 51.5. The first-order valence-corrected chi connectivity index (χ1v) is 32.7. The molecule has 0 spiro atoms. The molecule has 1 amide bonds. The number of phosphoric acid groups is 1. The first kappa shape index (κ1) is 74.4. The van der Waals surface area contributed by atoms with Crippen LogP contribution in [0.2, 0.25) is 0 Å². The van der Waals surface area contributed by atoms with Crippen LogP contribution in [0.1, 0.15) is 232 Å². The SMILES string of the molecule is CC/C=C\C/C=C\C/C=C\C/C=C\C/C=C\C/C=C\C/C=C\C/C=C\C/C=C\C/C=C\CCCCCCCCC(=O)NC(COP(=O)(O)OCC[N+](C)(C)C)C(O)/C=C/CC/C=C/CCCCCCCCCCCCCCC. The lowest BCUT2D eigenvalue weighted by Crippen LogP contribution is -2.45. The zero-order valence-electron chi connectivity index (χ0n) is 50.6. The number of phosphoric ester groups is 1. The minimum atomic E-state index is -4.37. The first-order valence-electron chi connectivity index (χ1n) is 31.2. The smallest absolute Gasteiger partial charge is 0.387 e. The Morgan fingerprint density at radius 2 is 0.782 bits per heavy atom. The van der Waals surface area contributed by atoms with Crippen molar-refractivity contribution < 1.29 is 32.9 Å². The largest absolute Gasteiger partial charge is 0.472 e. The summed E-state index contributed by atoms with van der Waals surface area (Å²) in [4.78, 5) is 23.3. The van der Waals surface area contributed by atoms with E-state index in [1.54, 1.807) is 6.08 Å².